The molecule has 0 aliphatic rings. The van der Waals surface area contributed by atoms with Gasteiger partial charge in [0, 0.05) is 16.9 Å². The van der Waals surface area contributed by atoms with Gasteiger partial charge >= 0.3 is 0 Å². The lowest BCUT2D eigenvalue weighted by Gasteiger charge is -2.05. The molecule has 0 atom stereocenters. The second-order valence-electron chi connectivity index (χ2n) is 5.77. The molecule has 1 N–H and O–H groups in total. The molecule has 0 unspecified atom stereocenters. The molecular formula is C17H16ClF2N5O. The molecule has 0 radical (unpaired) electrons. The van der Waals surface area contributed by atoms with E-state index in [0.717, 1.165) is 5.56 Å². The number of aromatic nitrogens is 4. The summed E-state index contributed by atoms with van der Waals surface area (Å²) in [4.78, 5) is 12.1. The molecule has 9 heteroatoms. The molecule has 1 aromatic carbocycles. The van der Waals surface area contributed by atoms with Gasteiger partial charge in [0.15, 0.2) is 0 Å². The number of amides is 1. The van der Waals surface area contributed by atoms with Gasteiger partial charge in [-0.3, -0.25) is 14.2 Å². The predicted octanol–water partition coefficient (Wildman–Crippen LogP) is 3.67. The van der Waals surface area contributed by atoms with E-state index in [1.807, 2.05) is 12.1 Å². The lowest BCUT2D eigenvalue weighted by atomic mass is 10.2. The molecule has 6 nitrogen and oxygen atoms in total. The van der Waals surface area contributed by atoms with Crippen LogP contribution in [0.5, 0.6) is 0 Å². The van der Waals surface area contributed by atoms with Crippen LogP contribution in [0.2, 0.25) is 5.02 Å². The smallest absolute Gasteiger partial charge is 0.282 e. The van der Waals surface area contributed by atoms with Gasteiger partial charge in [0.1, 0.15) is 12.2 Å². The highest BCUT2D eigenvalue weighted by Gasteiger charge is 2.15. The van der Waals surface area contributed by atoms with Crippen LogP contribution >= 0.6 is 11.6 Å². The number of carbonyl (C=O) groups excluding carboxylic acids is 1. The Labute approximate surface area is 153 Å². The van der Waals surface area contributed by atoms with Gasteiger partial charge in [-0.05, 0) is 30.7 Å². The first-order valence-electron chi connectivity index (χ1n) is 7.80. The molecule has 0 bridgehead atoms. The van der Waals surface area contributed by atoms with E-state index in [1.165, 1.54) is 16.9 Å². The van der Waals surface area contributed by atoms with Crippen LogP contribution in [-0.4, -0.2) is 25.5 Å². The SMILES string of the molecule is Cc1cc(C(F)F)nn1CC(=O)Nc1cnn(Cc2ccc(Cl)cc2)c1. The fourth-order valence-corrected chi connectivity index (χ4v) is 2.56. The molecule has 136 valence electrons. The van der Waals surface area contributed by atoms with E-state index in [0.29, 0.717) is 22.9 Å². The summed E-state index contributed by atoms with van der Waals surface area (Å²) in [6.45, 7) is 2.00. The van der Waals surface area contributed by atoms with Crippen LogP contribution in [0.3, 0.4) is 0 Å². The summed E-state index contributed by atoms with van der Waals surface area (Å²) < 4.78 is 28.2. The van der Waals surface area contributed by atoms with Gasteiger partial charge in [0.25, 0.3) is 6.43 Å². The summed E-state index contributed by atoms with van der Waals surface area (Å²) in [7, 11) is 0. The standard InChI is InChI=1S/C17H16ClF2N5O/c1-11-6-15(17(19)20)23-25(11)10-16(26)22-14-7-21-24(9-14)8-12-2-4-13(18)5-3-12/h2-7,9,17H,8,10H2,1H3,(H,22,26). The van der Waals surface area contributed by atoms with Crippen molar-refractivity contribution < 1.29 is 13.6 Å². The van der Waals surface area contributed by atoms with Crippen LogP contribution < -0.4 is 5.32 Å². The Morgan fingerprint density at radius 1 is 1.31 bits per heavy atom. The Morgan fingerprint density at radius 3 is 2.69 bits per heavy atom. The van der Waals surface area contributed by atoms with Crippen molar-refractivity contribution in [2.45, 2.75) is 26.4 Å². The van der Waals surface area contributed by atoms with Crippen LogP contribution in [0.1, 0.15) is 23.4 Å². The average Bonchev–Trinajstić information content (AvgIpc) is 3.17. The van der Waals surface area contributed by atoms with Gasteiger partial charge in [-0.25, -0.2) is 8.78 Å². The molecule has 2 aromatic heterocycles. The fourth-order valence-electron chi connectivity index (χ4n) is 2.43. The molecule has 0 spiro atoms. The summed E-state index contributed by atoms with van der Waals surface area (Å²) in [6, 6.07) is 8.64. The molecule has 0 saturated heterocycles. The van der Waals surface area contributed by atoms with E-state index in [4.69, 9.17) is 11.6 Å². The molecule has 0 aliphatic carbocycles. The lowest BCUT2D eigenvalue weighted by Crippen LogP contribution is -2.20. The van der Waals surface area contributed by atoms with Crippen LogP contribution in [0.4, 0.5) is 14.5 Å². The van der Waals surface area contributed by atoms with Crippen molar-refractivity contribution in [2.24, 2.45) is 0 Å². The van der Waals surface area contributed by atoms with Gasteiger partial charge in [-0.15, -0.1) is 0 Å². The number of nitrogens with one attached hydrogen (secondary N) is 1. The van der Waals surface area contributed by atoms with E-state index in [-0.39, 0.29) is 18.1 Å². The van der Waals surface area contributed by atoms with E-state index in [1.54, 1.807) is 29.9 Å². The largest absolute Gasteiger partial charge is 0.322 e. The van der Waals surface area contributed by atoms with Gasteiger partial charge in [0.05, 0.1) is 18.4 Å². The van der Waals surface area contributed by atoms with Gasteiger partial charge < -0.3 is 5.32 Å². The highest BCUT2D eigenvalue weighted by molar-refractivity contribution is 6.30. The first-order chi connectivity index (χ1) is 12.4. The summed E-state index contributed by atoms with van der Waals surface area (Å²) in [5, 5.41) is 11.3. The molecule has 0 fully saturated rings. The summed E-state index contributed by atoms with van der Waals surface area (Å²) in [5.74, 6) is -0.372. The first kappa shape index (κ1) is 18.1. The second kappa shape index (κ2) is 7.65. The first-order valence-corrected chi connectivity index (χ1v) is 8.18. The molecule has 0 aliphatic heterocycles. The van der Waals surface area contributed by atoms with Gasteiger partial charge in [0.2, 0.25) is 5.91 Å². The zero-order valence-electron chi connectivity index (χ0n) is 13.9. The molecule has 2 heterocycles. The highest BCUT2D eigenvalue weighted by Crippen LogP contribution is 2.18. The fraction of sp³-hybridized carbons (Fsp3) is 0.235. The van der Waals surface area contributed by atoms with Crippen LogP contribution in [0, 0.1) is 6.92 Å². The minimum atomic E-state index is -2.66. The molecular weight excluding hydrogens is 364 g/mol. The van der Waals surface area contributed by atoms with Crippen molar-refractivity contribution in [1.29, 1.82) is 0 Å². The number of hydrogen-bond acceptors (Lipinski definition) is 3. The predicted molar refractivity (Wildman–Crippen MR) is 93.3 cm³/mol. The summed E-state index contributed by atoms with van der Waals surface area (Å²) >= 11 is 5.85. The number of hydrogen-bond donors (Lipinski definition) is 1. The number of anilines is 1. The van der Waals surface area contributed by atoms with Crippen molar-refractivity contribution in [3.8, 4) is 0 Å². The Balaban J connectivity index is 1.60. The maximum absolute atomic E-state index is 12.7. The summed E-state index contributed by atoms with van der Waals surface area (Å²) in [5.41, 5.74) is 1.69. The number of nitrogens with zero attached hydrogens (tertiary/aromatic N) is 4. The van der Waals surface area contributed by atoms with Crippen LogP contribution in [-0.2, 0) is 17.9 Å². The Morgan fingerprint density at radius 2 is 2.04 bits per heavy atom. The third kappa shape index (κ3) is 4.45. The zero-order valence-corrected chi connectivity index (χ0v) is 14.6. The van der Waals surface area contributed by atoms with Crippen molar-refractivity contribution in [1.82, 2.24) is 19.6 Å². The van der Waals surface area contributed by atoms with E-state index < -0.39 is 6.43 Å². The number of rotatable bonds is 6. The maximum Gasteiger partial charge on any atom is 0.282 e. The van der Waals surface area contributed by atoms with Crippen molar-refractivity contribution in [3.63, 3.8) is 0 Å². The number of alkyl halides is 2. The Kier molecular flexibility index (Phi) is 5.32. The number of carbonyl (C=O) groups is 1. The lowest BCUT2D eigenvalue weighted by molar-refractivity contribution is -0.117. The number of benzene rings is 1. The third-order valence-corrected chi connectivity index (χ3v) is 3.94. The highest BCUT2D eigenvalue weighted by atomic mass is 35.5. The molecule has 3 aromatic rings. The van der Waals surface area contributed by atoms with E-state index in [2.05, 4.69) is 15.5 Å². The monoisotopic (exact) mass is 379 g/mol. The minimum Gasteiger partial charge on any atom is -0.322 e. The van der Waals surface area contributed by atoms with Gasteiger partial charge in [-0.2, -0.15) is 10.2 Å². The minimum absolute atomic E-state index is 0.152. The normalized spacial score (nSPS) is 11.1. The van der Waals surface area contributed by atoms with Crippen molar-refractivity contribution in [2.75, 3.05) is 5.32 Å². The number of aryl methyl sites for hydroxylation is 1. The average molecular weight is 380 g/mol. The second-order valence-corrected chi connectivity index (χ2v) is 6.21. The van der Waals surface area contributed by atoms with E-state index in [9.17, 15) is 13.6 Å². The van der Waals surface area contributed by atoms with Crippen molar-refractivity contribution in [3.05, 3.63) is 64.7 Å². The van der Waals surface area contributed by atoms with Crippen molar-refractivity contribution >= 4 is 23.2 Å². The Hall–Kier alpha value is -2.74. The Bertz CT molecular complexity index is 904. The number of halogens is 3. The quantitative estimate of drug-likeness (QED) is 0.710. The topological polar surface area (TPSA) is 64.7 Å². The maximum atomic E-state index is 12.7. The van der Waals surface area contributed by atoms with Gasteiger partial charge in [-0.1, -0.05) is 23.7 Å². The zero-order chi connectivity index (χ0) is 18.7. The molecule has 1 amide bonds. The third-order valence-electron chi connectivity index (χ3n) is 3.69. The summed E-state index contributed by atoms with van der Waals surface area (Å²) in [6.07, 6.45) is 0.547. The molecule has 3 rings (SSSR count). The van der Waals surface area contributed by atoms with Crippen LogP contribution in [0.25, 0.3) is 0 Å². The molecule has 26 heavy (non-hydrogen) atoms. The van der Waals surface area contributed by atoms with E-state index >= 15 is 0 Å². The van der Waals surface area contributed by atoms with Crippen LogP contribution in [0.15, 0.2) is 42.7 Å². The molecule has 0 saturated carbocycles.